The van der Waals surface area contributed by atoms with Gasteiger partial charge in [-0.25, -0.2) is 0 Å². The van der Waals surface area contributed by atoms with Gasteiger partial charge in [-0.1, -0.05) is 11.2 Å². The number of hydrogen-bond donors (Lipinski definition) is 1. The molecule has 1 aliphatic carbocycles. The van der Waals surface area contributed by atoms with Crippen LogP contribution < -0.4 is 10.1 Å². The average molecular weight is 348 g/mol. The Morgan fingerprint density at radius 3 is 2.92 bits per heavy atom. The second kappa shape index (κ2) is 6.21. The summed E-state index contributed by atoms with van der Waals surface area (Å²) in [6, 6.07) is 11.7. The number of nitrogens with zero attached hydrogens (tertiary/aromatic N) is 3. The molecule has 6 nitrogen and oxygen atoms in total. The molecule has 2 aliphatic rings. The molecule has 1 aliphatic heterocycles. The van der Waals surface area contributed by atoms with Crippen molar-refractivity contribution in [1.82, 2.24) is 20.4 Å². The lowest BCUT2D eigenvalue weighted by Crippen LogP contribution is -2.10. The fourth-order valence-electron chi connectivity index (χ4n) is 3.78. The second-order valence-corrected chi connectivity index (χ2v) is 7.18. The van der Waals surface area contributed by atoms with Gasteiger partial charge in [0.25, 0.3) is 0 Å². The van der Waals surface area contributed by atoms with Gasteiger partial charge in [0.2, 0.25) is 11.7 Å². The molecule has 1 aromatic carbocycles. The largest absolute Gasteiger partial charge is 0.489 e. The number of ether oxygens (including phenoxy) is 1. The van der Waals surface area contributed by atoms with Gasteiger partial charge in [-0.2, -0.15) is 4.98 Å². The Kier molecular flexibility index (Phi) is 3.71. The minimum atomic E-state index is 0.369. The lowest BCUT2D eigenvalue weighted by Gasteiger charge is -2.06. The maximum absolute atomic E-state index is 5.79. The topological polar surface area (TPSA) is 73.1 Å². The standard InChI is InChI=1S/C20H20N4O2/c1-2-14(11-21-8-1)12-25-16-5-3-15(4-6-16)18-23-19(26-24-18)17-10-20(17)7-9-22-13-20/h1-6,8,11,17,22H,7,9-10,12-13H2. The van der Waals surface area contributed by atoms with Crippen LogP contribution in [-0.2, 0) is 6.61 Å². The first kappa shape index (κ1) is 15.5. The maximum atomic E-state index is 5.79. The van der Waals surface area contributed by atoms with E-state index in [1.807, 2.05) is 36.4 Å². The third-order valence-corrected chi connectivity index (χ3v) is 5.45. The van der Waals surface area contributed by atoms with Crippen LogP contribution in [0.25, 0.3) is 11.4 Å². The van der Waals surface area contributed by atoms with Crippen molar-refractivity contribution >= 4 is 0 Å². The Hall–Kier alpha value is -2.73. The Labute approximate surface area is 151 Å². The second-order valence-electron chi connectivity index (χ2n) is 7.18. The molecule has 3 aromatic rings. The van der Waals surface area contributed by atoms with Crippen molar-refractivity contribution < 1.29 is 9.26 Å². The Morgan fingerprint density at radius 1 is 1.23 bits per heavy atom. The third-order valence-electron chi connectivity index (χ3n) is 5.45. The molecule has 0 amide bonds. The number of aromatic nitrogens is 3. The molecule has 0 bridgehead atoms. The summed E-state index contributed by atoms with van der Waals surface area (Å²) >= 11 is 0. The number of nitrogens with one attached hydrogen (secondary N) is 1. The highest BCUT2D eigenvalue weighted by Crippen LogP contribution is 2.62. The maximum Gasteiger partial charge on any atom is 0.230 e. The van der Waals surface area contributed by atoms with E-state index in [0.717, 1.165) is 42.3 Å². The van der Waals surface area contributed by atoms with Crippen molar-refractivity contribution in [2.24, 2.45) is 5.41 Å². The Morgan fingerprint density at radius 2 is 2.15 bits per heavy atom. The van der Waals surface area contributed by atoms with E-state index in [0.29, 0.717) is 23.8 Å². The molecule has 2 fully saturated rings. The number of pyridine rings is 1. The molecular weight excluding hydrogens is 328 g/mol. The average Bonchev–Trinajstić information content (AvgIpc) is 3.04. The zero-order valence-electron chi connectivity index (χ0n) is 14.4. The first-order chi connectivity index (χ1) is 12.8. The SMILES string of the molecule is c1cncc(COc2ccc(-c3noc(C4CC45CCNC5)n3)cc2)c1. The molecule has 1 spiro atoms. The van der Waals surface area contributed by atoms with Gasteiger partial charge in [0, 0.05) is 36.0 Å². The quantitative estimate of drug-likeness (QED) is 0.763. The summed E-state index contributed by atoms with van der Waals surface area (Å²) in [7, 11) is 0. The smallest absolute Gasteiger partial charge is 0.230 e. The van der Waals surface area contributed by atoms with E-state index >= 15 is 0 Å². The Bertz CT molecular complexity index is 886. The van der Waals surface area contributed by atoms with Crippen LogP contribution in [0.4, 0.5) is 0 Å². The number of benzene rings is 1. The van der Waals surface area contributed by atoms with Crippen molar-refractivity contribution in [2.75, 3.05) is 13.1 Å². The molecule has 6 heteroatoms. The van der Waals surface area contributed by atoms with Gasteiger partial charge in [0.1, 0.15) is 12.4 Å². The lowest BCUT2D eigenvalue weighted by atomic mass is 10.0. The minimum absolute atomic E-state index is 0.369. The van der Waals surface area contributed by atoms with E-state index in [4.69, 9.17) is 9.26 Å². The predicted molar refractivity (Wildman–Crippen MR) is 95.6 cm³/mol. The number of hydrogen-bond acceptors (Lipinski definition) is 6. The van der Waals surface area contributed by atoms with Crippen LogP contribution in [0.3, 0.4) is 0 Å². The molecule has 132 valence electrons. The van der Waals surface area contributed by atoms with E-state index in [-0.39, 0.29) is 0 Å². The molecule has 5 rings (SSSR count). The van der Waals surface area contributed by atoms with E-state index in [1.54, 1.807) is 12.4 Å². The highest BCUT2D eigenvalue weighted by Gasteiger charge is 2.58. The van der Waals surface area contributed by atoms with Crippen molar-refractivity contribution in [3.8, 4) is 17.1 Å². The van der Waals surface area contributed by atoms with Gasteiger partial charge >= 0.3 is 0 Å². The fourth-order valence-corrected chi connectivity index (χ4v) is 3.78. The van der Waals surface area contributed by atoms with E-state index in [1.165, 1.54) is 6.42 Å². The van der Waals surface area contributed by atoms with Crippen molar-refractivity contribution in [1.29, 1.82) is 0 Å². The molecule has 0 radical (unpaired) electrons. The van der Waals surface area contributed by atoms with Gasteiger partial charge in [-0.15, -0.1) is 0 Å². The summed E-state index contributed by atoms with van der Waals surface area (Å²) in [4.78, 5) is 8.72. The molecular formula is C20H20N4O2. The number of rotatable bonds is 5. The highest BCUT2D eigenvalue weighted by atomic mass is 16.5. The predicted octanol–water partition coefficient (Wildman–Crippen LogP) is 3.18. The monoisotopic (exact) mass is 348 g/mol. The van der Waals surface area contributed by atoms with Crippen LogP contribution in [0.1, 0.15) is 30.2 Å². The van der Waals surface area contributed by atoms with Crippen LogP contribution in [-0.4, -0.2) is 28.2 Å². The zero-order valence-corrected chi connectivity index (χ0v) is 14.4. The molecule has 1 N–H and O–H groups in total. The molecule has 1 saturated carbocycles. The minimum Gasteiger partial charge on any atom is -0.489 e. The molecule has 2 aromatic heterocycles. The molecule has 1 saturated heterocycles. The lowest BCUT2D eigenvalue weighted by molar-refractivity contribution is 0.306. The Balaban J connectivity index is 1.25. The first-order valence-corrected chi connectivity index (χ1v) is 8.99. The zero-order chi connectivity index (χ0) is 17.4. The summed E-state index contributed by atoms with van der Waals surface area (Å²) in [6.07, 6.45) is 5.92. The van der Waals surface area contributed by atoms with Crippen LogP contribution >= 0.6 is 0 Å². The molecule has 26 heavy (non-hydrogen) atoms. The van der Waals surface area contributed by atoms with Crippen molar-refractivity contribution in [3.63, 3.8) is 0 Å². The highest BCUT2D eigenvalue weighted by molar-refractivity contribution is 5.55. The normalized spacial score (nSPS) is 24.1. The fraction of sp³-hybridized carbons (Fsp3) is 0.350. The van der Waals surface area contributed by atoms with Crippen LogP contribution in [0, 0.1) is 5.41 Å². The van der Waals surface area contributed by atoms with Crippen molar-refractivity contribution in [3.05, 3.63) is 60.2 Å². The van der Waals surface area contributed by atoms with Crippen LogP contribution in [0.5, 0.6) is 5.75 Å². The van der Waals surface area contributed by atoms with E-state index in [2.05, 4.69) is 20.4 Å². The summed E-state index contributed by atoms with van der Waals surface area (Å²) in [5.74, 6) is 2.65. The molecule has 2 atom stereocenters. The van der Waals surface area contributed by atoms with Gasteiger partial charge in [-0.3, -0.25) is 4.98 Å². The van der Waals surface area contributed by atoms with Gasteiger partial charge in [0.05, 0.1) is 0 Å². The van der Waals surface area contributed by atoms with E-state index in [9.17, 15) is 0 Å². The van der Waals surface area contributed by atoms with Crippen LogP contribution in [0.2, 0.25) is 0 Å². The summed E-state index contributed by atoms with van der Waals surface area (Å²) in [5.41, 5.74) is 2.35. The molecule has 2 unspecified atom stereocenters. The van der Waals surface area contributed by atoms with Crippen molar-refractivity contribution in [2.45, 2.75) is 25.4 Å². The molecule has 3 heterocycles. The van der Waals surface area contributed by atoms with Crippen LogP contribution in [0.15, 0.2) is 53.3 Å². The summed E-state index contributed by atoms with van der Waals surface area (Å²) in [6.45, 7) is 2.66. The van der Waals surface area contributed by atoms with Gasteiger partial charge in [0.15, 0.2) is 0 Å². The summed E-state index contributed by atoms with van der Waals surface area (Å²) < 4.78 is 11.3. The first-order valence-electron chi connectivity index (χ1n) is 8.99. The summed E-state index contributed by atoms with van der Waals surface area (Å²) in [5, 5.41) is 7.61. The van der Waals surface area contributed by atoms with E-state index < -0.39 is 0 Å². The van der Waals surface area contributed by atoms with Gasteiger partial charge < -0.3 is 14.6 Å². The van der Waals surface area contributed by atoms with Gasteiger partial charge in [-0.05, 0) is 55.1 Å². The third kappa shape index (κ3) is 2.86.